The first-order valence-electron chi connectivity index (χ1n) is 6.06. The Balaban J connectivity index is 2.09. The Morgan fingerprint density at radius 2 is 1.85 bits per heavy atom. The molecule has 0 bridgehead atoms. The van der Waals surface area contributed by atoms with Gasteiger partial charge in [-0.3, -0.25) is 4.79 Å². The van der Waals surface area contributed by atoms with E-state index in [0.29, 0.717) is 16.5 Å². The van der Waals surface area contributed by atoms with Crippen molar-refractivity contribution in [3.63, 3.8) is 0 Å². The maximum absolute atomic E-state index is 10.4. The molecule has 3 N–H and O–H groups in total. The minimum absolute atomic E-state index is 0.0213. The zero-order valence-electron chi connectivity index (χ0n) is 10.7. The molecule has 4 nitrogen and oxygen atoms in total. The zero-order valence-corrected chi connectivity index (χ0v) is 11.4. The van der Waals surface area contributed by atoms with Crippen LogP contribution in [-0.2, 0) is 4.79 Å². The number of carbonyl (C=O) groups is 1. The molecule has 0 atom stereocenters. The number of anilines is 1. The molecule has 0 fully saturated rings. The molecule has 0 spiro atoms. The largest absolute Gasteiger partial charge is 0.493 e. The molecule has 0 aromatic heterocycles. The van der Waals surface area contributed by atoms with Crippen molar-refractivity contribution in [3.05, 3.63) is 47.5 Å². The molecule has 0 aliphatic rings. The molecular formula is C15H14ClNO3. The van der Waals surface area contributed by atoms with Gasteiger partial charge in [-0.15, -0.1) is 0 Å². The summed E-state index contributed by atoms with van der Waals surface area (Å²) in [5.41, 5.74) is 8.25. The third kappa shape index (κ3) is 3.90. The maximum Gasteiger partial charge on any atom is 0.306 e. The highest BCUT2D eigenvalue weighted by Gasteiger charge is 2.02. The summed E-state index contributed by atoms with van der Waals surface area (Å²) < 4.78 is 5.32. The summed E-state index contributed by atoms with van der Waals surface area (Å²) >= 11 is 5.97. The quantitative estimate of drug-likeness (QED) is 0.828. The average Bonchev–Trinajstić information content (AvgIpc) is 2.38. The first-order valence-corrected chi connectivity index (χ1v) is 6.43. The third-order valence-electron chi connectivity index (χ3n) is 2.69. The van der Waals surface area contributed by atoms with E-state index < -0.39 is 5.97 Å². The van der Waals surface area contributed by atoms with Gasteiger partial charge in [0.25, 0.3) is 0 Å². The van der Waals surface area contributed by atoms with Crippen LogP contribution < -0.4 is 10.5 Å². The molecule has 0 saturated carbocycles. The van der Waals surface area contributed by atoms with Crippen LogP contribution in [0.25, 0.3) is 11.1 Å². The summed E-state index contributed by atoms with van der Waals surface area (Å²) in [4.78, 5) is 10.4. The molecule has 5 heteroatoms. The molecule has 0 heterocycles. The van der Waals surface area contributed by atoms with Gasteiger partial charge in [-0.1, -0.05) is 23.7 Å². The van der Waals surface area contributed by atoms with Gasteiger partial charge < -0.3 is 15.6 Å². The first kappa shape index (κ1) is 14.2. The topological polar surface area (TPSA) is 72.5 Å². The summed E-state index contributed by atoms with van der Waals surface area (Å²) in [5, 5.41) is 9.12. The van der Waals surface area contributed by atoms with Crippen molar-refractivity contribution in [3.8, 4) is 16.9 Å². The standard InChI is InChI=1S/C15H14ClNO3/c16-12-7-11(8-13(17)9-12)10-1-3-14(4-2-10)20-6-5-15(18)19/h1-4,7-9H,5-6,17H2,(H,18,19). The van der Waals surface area contributed by atoms with E-state index in [1.54, 1.807) is 18.2 Å². The van der Waals surface area contributed by atoms with E-state index in [9.17, 15) is 4.79 Å². The monoisotopic (exact) mass is 291 g/mol. The Kier molecular flexibility index (Phi) is 4.48. The van der Waals surface area contributed by atoms with Gasteiger partial charge in [0.15, 0.2) is 0 Å². The fourth-order valence-corrected chi connectivity index (χ4v) is 2.02. The van der Waals surface area contributed by atoms with E-state index >= 15 is 0 Å². The molecule has 2 aromatic rings. The fourth-order valence-electron chi connectivity index (χ4n) is 1.78. The second-order valence-electron chi connectivity index (χ2n) is 4.29. The molecule has 0 radical (unpaired) electrons. The lowest BCUT2D eigenvalue weighted by molar-refractivity contribution is -0.137. The van der Waals surface area contributed by atoms with Gasteiger partial charge >= 0.3 is 5.97 Å². The first-order chi connectivity index (χ1) is 9.54. The number of rotatable bonds is 5. The highest BCUT2D eigenvalue weighted by atomic mass is 35.5. The molecule has 0 aliphatic carbocycles. The number of hydrogen-bond donors (Lipinski definition) is 2. The van der Waals surface area contributed by atoms with Crippen molar-refractivity contribution < 1.29 is 14.6 Å². The number of benzene rings is 2. The molecule has 0 amide bonds. The summed E-state index contributed by atoms with van der Waals surface area (Å²) in [6.45, 7) is 0.152. The van der Waals surface area contributed by atoms with Crippen molar-refractivity contribution in [1.82, 2.24) is 0 Å². The molecular weight excluding hydrogens is 278 g/mol. The molecule has 2 rings (SSSR count). The third-order valence-corrected chi connectivity index (χ3v) is 2.91. The van der Waals surface area contributed by atoms with Gasteiger partial charge in [0, 0.05) is 10.7 Å². The number of carboxylic acids is 1. The lowest BCUT2D eigenvalue weighted by atomic mass is 10.1. The summed E-state index contributed by atoms with van der Waals surface area (Å²) in [6, 6.07) is 12.7. The highest BCUT2D eigenvalue weighted by Crippen LogP contribution is 2.27. The van der Waals surface area contributed by atoms with Crippen molar-refractivity contribution in [2.75, 3.05) is 12.3 Å². The Hall–Kier alpha value is -2.20. The van der Waals surface area contributed by atoms with Gasteiger partial charge in [0.1, 0.15) is 5.75 Å². The smallest absolute Gasteiger partial charge is 0.306 e. The van der Waals surface area contributed by atoms with Crippen LogP contribution in [0, 0.1) is 0 Å². The van der Waals surface area contributed by atoms with Crippen LogP contribution in [0.2, 0.25) is 5.02 Å². The van der Waals surface area contributed by atoms with E-state index in [4.69, 9.17) is 27.2 Å². The molecule has 0 aliphatic heterocycles. The van der Waals surface area contributed by atoms with Gasteiger partial charge in [-0.25, -0.2) is 0 Å². The number of ether oxygens (including phenoxy) is 1. The normalized spacial score (nSPS) is 10.2. The van der Waals surface area contributed by atoms with Crippen molar-refractivity contribution in [2.24, 2.45) is 0 Å². The van der Waals surface area contributed by atoms with E-state index in [-0.39, 0.29) is 13.0 Å². The van der Waals surface area contributed by atoms with Gasteiger partial charge in [0.2, 0.25) is 0 Å². The summed E-state index contributed by atoms with van der Waals surface area (Å²) in [7, 11) is 0. The van der Waals surface area contributed by atoms with Gasteiger partial charge in [-0.2, -0.15) is 0 Å². The van der Waals surface area contributed by atoms with Crippen molar-refractivity contribution in [1.29, 1.82) is 0 Å². The Morgan fingerprint density at radius 3 is 2.45 bits per heavy atom. The van der Waals surface area contributed by atoms with Gasteiger partial charge in [-0.05, 0) is 41.5 Å². The van der Waals surface area contributed by atoms with E-state index in [0.717, 1.165) is 11.1 Å². The van der Waals surface area contributed by atoms with E-state index in [1.807, 2.05) is 24.3 Å². The SMILES string of the molecule is Nc1cc(Cl)cc(-c2ccc(OCCC(=O)O)cc2)c1. The number of hydrogen-bond acceptors (Lipinski definition) is 3. The Bertz CT molecular complexity index is 591. The molecule has 0 saturated heterocycles. The van der Waals surface area contributed by atoms with Crippen LogP contribution in [0.5, 0.6) is 5.75 Å². The number of aliphatic carboxylic acids is 1. The average molecular weight is 292 g/mol. The van der Waals surface area contributed by atoms with Crippen LogP contribution in [0.4, 0.5) is 5.69 Å². The zero-order chi connectivity index (χ0) is 14.5. The maximum atomic E-state index is 10.4. The van der Waals surface area contributed by atoms with Crippen LogP contribution in [0.3, 0.4) is 0 Å². The number of carboxylic acid groups (broad SMARTS) is 1. The Labute approximate surface area is 121 Å². The minimum Gasteiger partial charge on any atom is -0.493 e. The number of nitrogens with two attached hydrogens (primary N) is 1. The van der Waals surface area contributed by atoms with Crippen LogP contribution in [0.15, 0.2) is 42.5 Å². The molecule has 20 heavy (non-hydrogen) atoms. The number of nitrogen functional groups attached to an aromatic ring is 1. The molecule has 104 valence electrons. The minimum atomic E-state index is -0.879. The second kappa shape index (κ2) is 6.30. The molecule has 0 unspecified atom stereocenters. The van der Waals surface area contributed by atoms with Crippen LogP contribution in [0.1, 0.15) is 6.42 Å². The van der Waals surface area contributed by atoms with Crippen LogP contribution >= 0.6 is 11.6 Å². The predicted molar refractivity (Wildman–Crippen MR) is 79.0 cm³/mol. The molecule has 2 aromatic carbocycles. The lowest BCUT2D eigenvalue weighted by Gasteiger charge is -2.07. The fraction of sp³-hybridized carbons (Fsp3) is 0.133. The van der Waals surface area contributed by atoms with E-state index in [2.05, 4.69) is 0 Å². The summed E-state index contributed by atoms with van der Waals surface area (Å²) in [5.74, 6) is -0.249. The Morgan fingerprint density at radius 1 is 1.15 bits per heavy atom. The van der Waals surface area contributed by atoms with Gasteiger partial charge in [0.05, 0.1) is 13.0 Å². The highest BCUT2D eigenvalue weighted by molar-refractivity contribution is 6.31. The van der Waals surface area contributed by atoms with E-state index in [1.165, 1.54) is 0 Å². The number of halogens is 1. The van der Waals surface area contributed by atoms with Crippen molar-refractivity contribution in [2.45, 2.75) is 6.42 Å². The van der Waals surface area contributed by atoms with Crippen molar-refractivity contribution >= 4 is 23.3 Å². The predicted octanol–water partition coefficient (Wildman–Crippen LogP) is 3.44. The lowest BCUT2D eigenvalue weighted by Crippen LogP contribution is -2.04. The van der Waals surface area contributed by atoms with Crippen LogP contribution in [-0.4, -0.2) is 17.7 Å². The second-order valence-corrected chi connectivity index (χ2v) is 4.73. The summed E-state index contributed by atoms with van der Waals surface area (Å²) in [6.07, 6.45) is -0.0213.